The zero-order valence-electron chi connectivity index (χ0n) is 14.9. The fourth-order valence-electron chi connectivity index (χ4n) is 4.01. The molecule has 0 radical (unpaired) electrons. The number of ketones is 2. The summed E-state index contributed by atoms with van der Waals surface area (Å²) < 4.78 is 0. The van der Waals surface area contributed by atoms with E-state index in [2.05, 4.69) is 5.32 Å². The number of hydrogen-bond acceptors (Lipinski definition) is 5. The smallest absolute Gasteiger partial charge is 0.242 e. The molecule has 138 valence electrons. The van der Waals surface area contributed by atoms with Crippen LogP contribution >= 0.6 is 0 Å². The maximum absolute atomic E-state index is 13.2. The van der Waals surface area contributed by atoms with E-state index in [9.17, 15) is 14.4 Å². The average Bonchev–Trinajstić information content (AvgIpc) is 3.19. The van der Waals surface area contributed by atoms with Crippen LogP contribution in [0, 0.1) is 0 Å². The van der Waals surface area contributed by atoms with Gasteiger partial charge in [0.1, 0.15) is 6.04 Å². The number of benzene rings is 2. The van der Waals surface area contributed by atoms with E-state index in [-0.39, 0.29) is 23.5 Å². The lowest BCUT2D eigenvalue weighted by molar-refractivity contribution is -0.122. The number of nitrogens with one attached hydrogen (secondary N) is 1. The molecule has 1 aliphatic carbocycles. The SMILES string of the molecule is NCCNC(=O)[C@@H]1CCCN1c1cccc2c1C(=O)c1ccccc1C2=O. The molecule has 1 heterocycles. The lowest BCUT2D eigenvalue weighted by Gasteiger charge is -2.30. The minimum Gasteiger partial charge on any atom is -0.359 e. The highest BCUT2D eigenvalue weighted by Crippen LogP contribution is 2.36. The summed E-state index contributed by atoms with van der Waals surface area (Å²) in [4.78, 5) is 40.6. The van der Waals surface area contributed by atoms with E-state index in [1.54, 1.807) is 36.4 Å². The van der Waals surface area contributed by atoms with E-state index in [1.165, 1.54) is 0 Å². The van der Waals surface area contributed by atoms with Crippen molar-refractivity contribution < 1.29 is 14.4 Å². The summed E-state index contributed by atoms with van der Waals surface area (Å²) in [6, 6.07) is 11.8. The van der Waals surface area contributed by atoms with Crippen LogP contribution in [-0.4, -0.2) is 43.1 Å². The highest BCUT2D eigenvalue weighted by molar-refractivity contribution is 6.30. The second kappa shape index (κ2) is 6.96. The summed E-state index contributed by atoms with van der Waals surface area (Å²) in [6.07, 6.45) is 1.56. The van der Waals surface area contributed by atoms with Crippen LogP contribution in [0.25, 0.3) is 0 Å². The van der Waals surface area contributed by atoms with Crippen molar-refractivity contribution in [1.29, 1.82) is 0 Å². The maximum Gasteiger partial charge on any atom is 0.242 e. The fourth-order valence-corrected chi connectivity index (χ4v) is 4.01. The van der Waals surface area contributed by atoms with Gasteiger partial charge in [0.05, 0.1) is 5.56 Å². The van der Waals surface area contributed by atoms with Crippen molar-refractivity contribution >= 4 is 23.2 Å². The van der Waals surface area contributed by atoms with Gasteiger partial charge in [0, 0.05) is 42.0 Å². The average molecular weight is 363 g/mol. The van der Waals surface area contributed by atoms with Gasteiger partial charge in [0.2, 0.25) is 5.91 Å². The summed E-state index contributed by atoms with van der Waals surface area (Å²) in [5.74, 6) is -0.403. The second-order valence-corrected chi connectivity index (χ2v) is 6.83. The summed E-state index contributed by atoms with van der Waals surface area (Å²) in [5, 5.41) is 2.83. The molecule has 6 nitrogen and oxygen atoms in total. The first-order chi connectivity index (χ1) is 13.1. The Labute approximate surface area is 157 Å². The van der Waals surface area contributed by atoms with Crippen molar-refractivity contribution in [2.45, 2.75) is 18.9 Å². The molecule has 2 aromatic carbocycles. The minimum atomic E-state index is -0.358. The van der Waals surface area contributed by atoms with Crippen molar-refractivity contribution in [3.05, 3.63) is 64.7 Å². The number of anilines is 1. The number of nitrogens with zero attached hydrogens (tertiary/aromatic N) is 1. The summed E-state index contributed by atoms with van der Waals surface area (Å²) in [6.45, 7) is 1.46. The molecule has 0 spiro atoms. The van der Waals surface area contributed by atoms with Crippen molar-refractivity contribution in [2.24, 2.45) is 5.73 Å². The first-order valence-electron chi connectivity index (χ1n) is 9.19. The van der Waals surface area contributed by atoms with E-state index in [4.69, 9.17) is 5.73 Å². The van der Waals surface area contributed by atoms with Gasteiger partial charge in [0.25, 0.3) is 0 Å². The Kier molecular flexibility index (Phi) is 4.49. The number of fused-ring (bicyclic) bond motifs is 2. The van der Waals surface area contributed by atoms with Gasteiger partial charge in [-0.05, 0) is 18.9 Å². The fraction of sp³-hybridized carbons (Fsp3) is 0.286. The number of rotatable bonds is 4. The monoisotopic (exact) mass is 363 g/mol. The number of nitrogens with two attached hydrogens (primary N) is 1. The van der Waals surface area contributed by atoms with Gasteiger partial charge < -0.3 is 16.0 Å². The zero-order valence-corrected chi connectivity index (χ0v) is 14.9. The molecule has 1 aliphatic heterocycles. The minimum absolute atomic E-state index is 0.0921. The molecule has 0 bridgehead atoms. The van der Waals surface area contributed by atoms with Gasteiger partial charge in [-0.2, -0.15) is 0 Å². The van der Waals surface area contributed by atoms with E-state index in [1.807, 2.05) is 11.0 Å². The van der Waals surface area contributed by atoms with Crippen molar-refractivity contribution in [3.8, 4) is 0 Å². The Hall–Kier alpha value is -2.99. The Bertz CT molecular complexity index is 938. The molecule has 3 N–H and O–H groups in total. The van der Waals surface area contributed by atoms with Crippen LogP contribution in [0.1, 0.15) is 44.7 Å². The molecule has 27 heavy (non-hydrogen) atoms. The Morgan fingerprint density at radius 2 is 1.74 bits per heavy atom. The highest BCUT2D eigenvalue weighted by Gasteiger charge is 2.37. The molecular formula is C21H21N3O3. The molecule has 1 fully saturated rings. The summed E-state index contributed by atoms with van der Waals surface area (Å²) in [7, 11) is 0. The maximum atomic E-state index is 13.2. The predicted molar refractivity (Wildman–Crippen MR) is 102 cm³/mol. The third-order valence-electron chi connectivity index (χ3n) is 5.24. The predicted octanol–water partition coefficient (Wildman–Crippen LogP) is 1.51. The Morgan fingerprint density at radius 3 is 2.48 bits per heavy atom. The van der Waals surface area contributed by atoms with Crippen LogP contribution in [-0.2, 0) is 4.79 Å². The molecule has 1 amide bonds. The zero-order chi connectivity index (χ0) is 19.0. The summed E-state index contributed by atoms with van der Waals surface area (Å²) >= 11 is 0. The van der Waals surface area contributed by atoms with Crippen LogP contribution in [0.3, 0.4) is 0 Å². The van der Waals surface area contributed by atoms with Crippen LogP contribution in [0.4, 0.5) is 5.69 Å². The first-order valence-corrected chi connectivity index (χ1v) is 9.19. The van der Waals surface area contributed by atoms with Crippen molar-refractivity contribution in [2.75, 3.05) is 24.5 Å². The normalized spacial score (nSPS) is 18.3. The molecule has 4 rings (SSSR count). The third-order valence-corrected chi connectivity index (χ3v) is 5.24. The molecule has 0 saturated carbocycles. The first kappa shape index (κ1) is 17.4. The molecule has 2 aromatic rings. The largest absolute Gasteiger partial charge is 0.359 e. The van der Waals surface area contributed by atoms with Gasteiger partial charge in [0.15, 0.2) is 11.6 Å². The number of carbonyl (C=O) groups excluding carboxylic acids is 3. The topological polar surface area (TPSA) is 92.5 Å². The molecule has 1 atom stereocenters. The van der Waals surface area contributed by atoms with Gasteiger partial charge >= 0.3 is 0 Å². The standard InChI is InChI=1S/C21H21N3O3/c22-10-11-23-21(27)17-9-4-12-24(17)16-8-3-7-15-18(16)20(26)14-6-2-1-5-13(14)19(15)25/h1-3,5-8,17H,4,9-12,22H2,(H,23,27)/t17-/m0/s1. The quantitative estimate of drug-likeness (QED) is 0.733. The van der Waals surface area contributed by atoms with Gasteiger partial charge in [-0.25, -0.2) is 0 Å². The van der Waals surface area contributed by atoms with Crippen molar-refractivity contribution in [3.63, 3.8) is 0 Å². The number of carbonyl (C=O) groups is 3. The summed E-state index contributed by atoms with van der Waals surface area (Å²) in [5.41, 5.74) is 7.81. The van der Waals surface area contributed by atoms with Crippen LogP contribution in [0.2, 0.25) is 0 Å². The number of amides is 1. The molecule has 2 aliphatic rings. The lowest BCUT2D eigenvalue weighted by atomic mass is 9.83. The molecule has 6 heteroatoms. The molecule has 1 saturated heterocycles. The van der Waals surface area contributed by atoms with Crippen LogP contribution < -0.4 is 16.0 Å². The van der Waals surface area contributed by atoms with E-state index < -0.39 is 0 Å². The van der Waals surface area contributed by atoms with Crippen LogP contribution in [0.5, 0.6) is 0 Å². The van der Waals surface area contributed by atoms with Gasteiger partial charge in [-0.3, -0.25) is 14.4 Å². The highest BCUT2D eigenvalue weighted by atomic mass is 16.2. The van der Waals surface area contributed by atoms with E-state index in [0.717, 1.165) is 6.42 Å². The van der Waals surface area contributed by atoms with Gasteiger partial charge in [-0.15, -0.1) is 0 Å². The number of hydrogen-bond donors (Lipinski definition) is 2. The van der Waals surface area contributed by atoms with E-state index >= 15 is 0 Å². The Balaban J connectivity index is 1.77. The van der Waals surface area contributed by atoms with Gasteiger partial charge in [-0.1, -0.05) is 36.4 Å². The van der Waals surface area contributed by atoms with Crippen LogP contribution in [0.15, 0.2) is 42.5 Å². The lowest BCUT2D eigenvalue weighted by Crippen LogP contribution is -2.45. The molecular weight excluding hydrogens is 342 g/mol. The van der Waals surface area contributed by atoms with E-state index in [0.29, 0.717) is 54.0 Å². The van der Waals surface area contributed by atoms with Crippen molar-refractivity contribution in [1.82, 2.24) is 5.32 Å². The second-order valence-electron chi connectivity index (χ2n) is 6.83. The molecule has 0 aromatic heterocycles. The third kappa shape index (κ3) is 2.82. The molecule has 0 unspecified atom stereocenters. The Morgan fingerprint density at radius 1 is 1.04 bits per heavy atom.